The van der Waals surface area contributed by atoms with Crippen molar-refractivity contribution < 1.29 is 29.9 Å². The predicted molar refractivity (Wildman–Crippen MR) is 40.8 cm³/mol. The fourth-order valence-electron chi connectivity index (χ4n) is 1.26. The van der Waals surface area contributed by atoms with E-state index in [2.05, 4.69) is 0 Å². The molecule has 0 aromatic carbocycles. The first-order valence-corrected chi connectivity index (χ1v) is 3.95. The number of aliphatic hydroxyl groups is 4. The van der Waals surface area contributed by atoms with Gasteiger partial charge in [0.1, 0.15) is 24.4 Å². The van der Waals surface area contributed by atoms with Crippen LogP contribution in [0.15, 0.2) is 0 Å². The van der Waals surface area contributed by atoms with Crippen LogP contribution in [0.3, 0.4) is 0 Å². The summed E-state index contributed by atoms with van der Waals surface area (Å²) in [5, 5.41) is 36.6. The van der Waals surface area contributed by atoms with Crippen LogP contribution < -0.4 is 0 Å². The molecule has 1 rings (SSSR count). The molecule has 0 radical (unpaired) electrons. The van der Waals surface area contributed by atoms with Crippen molar-refractivity contribution in [1.29, 1.82) is 0 Å². The van der Waals surface area contributed by atoms with E-state index in [1.165, 1.54) is 7.11 Å². The highest BCUT2D eigenvalue weighted by Gasteiger charge is 2.43. The van der Waals surface area contributed by atoms with Crippen molar-refractivity contribution >= 4 is 0 Å². The molecule has 6 nitrogen and oxygen atoms in total. The fraction of sp³-hybridized carbons (Fsp3) is 1.00. The van der Waals surface area contributed by atoms with E-state index < -0.39 is 37.3 Å². The molecule has 4 N–H and O–H groups in total. The molecule has 0 amide bonds. The van der Waals surface area contributed by atoms with Crippen LogP contribution >= 0.6 is 0 Å². The maximum atomic E-state index is 9.28. The van der Waals surface area contributed by atoms with Gasteiger partial charge >= 0.3 is 0 Å². The molecular formula is C7H14O6. The van der Waals surface area contributed by atoms with Crippen molar-refractivity contribution in [2.45, 2.75) is 30.7 Å². The monoisotopic (exact) mass is 194 g/mol. The topological polar surface area (TPSA) is 99.4 Å². The van der Waals surface area contributed by atoms with Crippen molar-refractivity contribution in [2.75, 3.05) is 13.7 Å². The Balaban J connectivity index is 2.66. The fourth-order valence-corrected chi connectivity index (χ4v) is 1.26. The highest BCUT2D eigenvalue weighted by molar-refractivity contribution is 4.88. The van der Waals surface area contributed by atoms with Gasteiger partial charge in [0, 0.05) is 7.11 Å². The SMILES string of the molecule is COC1OC(CO)C(O)[C@H](O)C1O. The van der Waals surface area contributed by atoms with E-state index in [1.807, 2.05) is 0 Å². The molecule has 0 spiro atoms. The normalized spacial score (nSPS) is 46.4. The summed E-state index contributed by atoms with van der Waals surface area (Å²) in [5.74, 6) is 0. The van der Waals surface area contributed by atoms with Gasteiger partial charge in [-0.2, -0.15) is 0 Å². The van der Waals surface area contributed by atoms with E-state index in [-0.39, 0.29) is 0 Å². The van der Waals surface area contributed by atoms with Gasteiger partial charge in [-0.05, 0) is 0 Å². The Morgan fingerprint density at radius 1 is 1.15 bits per heavy atom. The minimum Gasteiger partial charge on any atom is -0.394 e. The van der Waals surface area contributed by atoms with Gasteiger partial charge in [0.2, 0.25) is 0 Å². The molecule has 0 saturated carbocycles. The van der Waals surface area contributed by atoms with Crippen molar-refractivity contribution in [3.63, 3.8) is 0 Å². The number of methoxy groups -OCH3 is 1. The Morgan fingerprint density at radius 2 is 1.77 bits per heavy atom. The van der Waals surface area contributed by atoms with Crippen LogP contribution in [0, 0.1) is 0 Å². The highest BCUT2D eigenvalue weighted by Crippen LogP contribution is 2.20. The lowest BCUT2D eigenvalue weighted by atomic mass is 9.99. The van der Waals surface area contributed by atoms with Gasteiger partial charge in [0.25, 0.3) is 0 Å². The van der Waals surface area contributed by atoms with Crippen LogP contribution in [0.4, 0.5) is 0 Å². The van der Waals surface area contributed by atoms with Crippen LogP contribution in [-0.4, -0.2) is 64.8 Å². The molecule has 1 aliphatic rings. The smallest absolute Gasteiger partial charge is 0.186 e. The van der Waals surface area contributed by atoms with Crippen LogP contribution in [0.5, 0.6) is 0 Å². The molecule has 4 unspecified atom stereocenters. The molecule has 1 aliphatic heterocycles. The van der Waals surface area contributed by atoms with E-state index >= 15 is 0 Å². The maximum absolute atomic E-state index is 9.28. The second-order valence-electron chi connectivity index (χ2n) is 2.93. The Labute approximate surface area is 75.3 Å². The van der Waals surface area contributed by atoms with E-state index in [0.717, 1.165) is 0 Å². The minimum atomic E-state index is -1.36. The van der Waals surface area contributed by atoms with Gasteiger partial charge < -0.3 is 29.9 Å². The zero-order valence-electron chi connectivity index (χ0n) is 7.20. The largest absolute Gasteiger partial charge is 0.394 e. The predicted octanol–water partition coefficient (Wildman–Crippen LogP) is -2.57. The minimum absolute atomic E-state index is 0.440. The van der Waals surface area contributed by atoms with E-state index in [4.69, 9.17) is 14.6 Å². The van der Waals surface area contributed by atoms with Gasteiger partial charge in [-0.3, -0.25) is 0 Å². The molecule has 5 atom stereocenters. The summed E-state index contributed by atoms with van der Waals surface area (Å²) in [7, 11) is 1.30. The molecule has 13 heavy (non-hydrogen) atoms. The first-order valence-electron chi connectivity index (χ1n) is 3.95. The van der Waals surface area contributed by atoms with E-state index in [9.17, 15) is 15.3 Å². The highest BCUT2D eigenvalue weighted by atomic mass is 16.7. The summed E-state index contributed by atoms with van der Waals surface area (Å²) in [5.41, 5.74) is 0. The zero-order valence-corrected chi connectivity index (χ0v) is 7.20. The van der Waals surface area contributed by atoms with Crippen molar-refractivity contribution in [1.82, 2.24) is 0 Å². The van der Waals surface area contributed by atoms with Gasteiger partial charge in [-0.25, -0.2) is 0 Å². The van der Waals surface area contributed by atoms with Gasteiger partial charge in [0.05, 0.1) is 6.61 Å². The summed E-state index contributed by atoms with van der Waals surface area (Å²) >= 11 is 0. The summed E-state index contributed by atoms with van der Waals surface area (Å²) < 4.78 is 9.65. The molecule has 78 valence electrons. The number of hydrogen-bond donors (Lipinski definition) is 4. The molecule has 0 aromatic heterocycles. The Kier molecular flexibility index (Phi) is 3.60. The first kappa shape index (κ1) is 10.8. The number of hydrogen-bond acceptors (Lipinski definition) is 6. The van der Waals surface area contributed by atoms with Gasteiger partial charge in [-0.1, -0.05) is 0 Å². The van der Waals surface area contributed by atoms with Crippen LogP contribution in [-0.2, 0) is 9.47 Å². The third-order valence-electron chi connectivity index (χ3n) is 2.08. The van der Waals surface area contributed by atoms with Crippen molar-refractivity contribution in [2.24, 2.45) is 0 Å². The summed E-state index contributed by atoms with van der Waals surface area (Å²) in [6.45, 7) is -0.440. The van der Waals surface area contributed by atoms with Gasteiger partial charge in [-0.15, -0.1) is 0 Å². The third-order valence-corrected chi connectivity index (χ3v) is 2.08. The summed E-state index contributed by atoms with van der Waals surface area (Å²) in [6, 6.07) is 0. The third kappa shape index (κ3) is 1.98. The first-order chi connectivity index (χ1) is 6.11. The Hall–Kier alpha value is -0.240. The second-order valence-corrected chi connectivity index (χ2v) is 2.93. The van der Waals surface area contributed by atoms with Crippen LogP contribution in [0.1, 0.15) is 0 Å². The van der Waals surface area contributed by atoms with Crippen LogP contribution in [0.2, 0.25) is 0 Å². The van der Waals surface area contributed by atoms with Crippen molar-refractivity contribution in [3.05, 3.63) is 0 Å². The number of ether oxygens (including phenoxy) is 2. The molecular weight excluding hydrogens is 180 g/mol. The Bertz CT molecular complexity index is 143. The van der Waals surface area contributed by atoms with Gasteiger partial charge in [0.15, 0.2) is 6.29 Å². The molecule has 0 bridgehead atoms. The average molecular weight is 194 g/mol. The average Bonchev–Trinajstić information content (AvgIpc) is 2.15. The molecule has 1 heterocycles. The van der Waals surface area contributed by atoms with E-state index in [1.54, 1.807) is 0 Å². The molecule has 6 heteroatoms. The number of rotatable bonds is 2. The molecule has 1 fully saturated rings. The second kappa shape index (κ2) is 4.32. The lowest BCUT2D eigenvalue weighted by Gasteiger charge is -2.38. The quantitative estimate of drug-likeness (QED) is 0.386. The zero-order chi connectivity index (χ0) is 10.0. The van der Waals surface area contributed by atoms with E-state index in [0.29, 0.717) is 0 Å². The van der Waals surface area contributed by atoms with Crippen LogP contribution in [0.25, 0.3) is 0 Å². The summed E-state index contributed by atoms with van der Waals surface area (Å²) in [4.78, 5) is 0. The molecule has 1 saturated heterocycles. The van der Waals surface area contributed by atoms with Crippen molar-refractivity contribution in [3.8, 4) is 0 Å². The Morgan fingerprint density at radius 3 is 2.23 bits per heavy atom. The molecule has 0 aromatic rings. The lowest BCUT2D eigenvalue weighted by Crippen LogP contribution is -2.58. The lowest BCUT2D eigenvalue weighted by molar-refractivity contribution is -0.294. The standard InChI is InChI=1S/C7H14O6/c1-12-7-6(11)5(10)4(9)3(2-8)13-7/h3-11H,2H2,1H3/t3?,4?,5-,6?,7?/m0/s1. The maximum Gasteiger partial charge on any atom is 0.186 e. The molecule has 0 aliphatic carbocycles. The number of aliphatic hydroxyl groups excluding tert-OH is 4. The summed E-state index contributed by atoms with van der Waals surface area (Å²) in [6.07, 6.45) is -5.91.